The Balaban J connectivity index is 1.44. The Labute approximate surface area is 188 Å². The third-order valence-electron chi connectivity index (χ3n) is 5.37. The average Bonchev–Trinajstić information content (AvgIpc) is 2.78. The molecule has 0 spiro atoms. The predicted molar refractivity (Wildman–Crippen MR) is 129 cm³/mol. The second-order valence-electron chi connectivity index (χ2n) is 7.58. The number of hydrogen-bond acceptors (Lipinski definition) is 4. The van der Waals surface area contributed by atoms with E-state index in [2.05, 4.69) is 52.4 Å². The van der Waals surface area contributed by atoms with Gasteiger partial charge in [0, 0.05) is 49.3 Å². The minimum Gasteiger partial charge on any atom is -0.369 e. The number of hydrogen-bond donors (Lipinski definition) is 0. The first-order valence-corrected chi connectivity index (χ1v) is 12.3. The first kappa shape index (κ1) is 21.6. The SMILES string of the molecule is CS(=O)(=O)N1CCN(c2ccc(C=Cc3cc(Cl)cc(-c4ccncc4)c3)cc2)CC1. The van der Waals surface area contributed by atoms with Gasteiger partial charge in [0.1, 0.15) is 0 Å². The number of aromatic nitrogens is 1. The molecule has 160 valence electrons. The summed E-state index contributed by atoms with van der Waals surface area (Å²) in [6.07, 6.45) is 8.93. The van der Waals surface area contributed by atoms with E-state index in [1.54, 1.807) is 12.4 Å². The van der Waals surface area contributed by atoms with Gasteiger partial charge in [-0.1, -0.05) is 35.9 Å². The van der Waals surface area contributed by atoms with E-state index in [-0.39, 0.29) is 0 Å². The lowest BCUT2D eigenvalue weighted by atomic mass is 10.0. The van der Waals surface area contributed by atoms with Crippen molar-refractivity contribution in [1.29, 1.82) is 0 Å². The first-order valence-electron chi connectivity index (χ1n) is 10.1. The Hall–Kier alpha value is -2.67. The van der Waals surface area contributed by atoms with Crippen LogP contribution in [-0.4, -0.2) is 50.1 Å². The summed E-state index contributed by atoms with van der Waals surface area (Å²) in [5.74, 6) is 0. The van der Waals surface area contributed by atoms with Gasteiger partial charge in [0.05, 0.1) is 6.26 Å². The van der Waals surface area contributed by atoms with Crippen molar-refractivity contribution in [1.82, 2.24) is 9.29 Å². The van der Waals surface area contributed by atoms with Crippen molar-refractivity contribution in [2.75, 3.05) is 37.3 Å². The molecule has 0 amide bonds. The maximum absolute atomic E-state index is 11.7. The molecule has 1 saturated heterocycles. The third kappa shape index (κ3) is 5.53. The van der Waals surface area contributed by atoms with Crippen LogP contribution >= 0.6 is 11.6 Å². The molecule has 1 aliphatic heterocycles. The molecule has 31 heavy (non-hydrogen) atoms. The minimum absolute atomic E-state index is 0.523. The molecule has 0 bridgehead atoms. The van der Waals surface area contributed by atoms with Gasteiger partial charge in [0.2, 0.25) is 10.0 Å². The molecular weight excluding hydrogens is 430 g/mol. The van der Waals surface area contributed by atoms with Gasteiger partial charge < -0.3 is 4.90 Å². The van der Waals surface area contributed by atoms with Crippen LogP contribution < -0.4 is 4.90 Å². The molecule has 4 rings (SSSR count). The Bertz CT molecular complexity index is 1170. The molecule has 0 unspecified atom stereocenters. The van der Waals surface area contributed by atoms with E-state index < -0.39 is 10.0 Å². The highest BCUT2D eigenvalue weighted by Crippen LogP contribution is 2.26. The quantitative estimate of drug-likeness (QED) is 0.527. The molecule has 0 atom stereocenters. The summed E-state index contributed by atoms with van der Waals surface area (Å²) in [5, 5.41) is 0.692. The largest absolute Gasteiger partial charge is 0.369 e. The van der Waals surface area contributed by atoms with Crippen LogP contribution in [0.2, 0.25) is 5.02 Å². The van der Waals surface area contributed by atoms with E-state index in [0.29, 0.717) is 31.2 Å². The highest BCUT2D eigenvalue weighted by Gasteiger charge is 2.23. The van der Waals surface area contributed by atoms with Gasteiger partial charge in [-0.3, -0.25) is 4.98 Å². The van der Waals surface area contributed by atoms with Crippen molar-refractivity contribution < 1.29 is 8.42 Å². The molecule has 3 aromatic rings. The fourth-order valence-electron chi connectivity index (χ4n) is 3.69. The second kappa shape index (κ2) is 9.22. The normalized spacial score (nSPS) is 15.5. The number of rotatable bonds is 5. The minimum atomic E-state index is -3.11. The lowest BCUT2D eigenvalue weighted by Gasteiger charge is -2.34. The van der Waals surface area contributed by atoms with Crippen molar-refractivity contribution in [3.8, 4) is 11.1 Å². The number of piperazine rings is 1. The van der Waals surface area contributed by atoms with Gasteiger partial charge in [0.25, 0.3) is 0 Å². The maximum Gasteiger partial charge on any atom is 0.211 e. The number of halogens is 1. The summed E-state index contributed by atoms with van der Waals surface area (Å²) in [7, 11) is -3.11. The van der Waals surface area contributed by atoms with Crippen molar-refractivity contribution in [3.05, 3.63) is 83.1 Å². The van der Waals surface area contributed by atoms with Crippen molar-refractivity contribution in [2.24, 2.45) is 0 Å². The first-order chi connectivity index (χ1) is 14.9. The van der Waals surface area contributed by atoms with Crippen LogP contribution in [0, 0.1) is 0 Å². The van der Waals surface area contributed by atoms with Gasteiger partial charge in [-0.2, -0.15) is 4.31 Å². The van der Waals surface area contributed by atoms with Crippen LogP contribution in [0.4, 0.5) is 5.69 Å². The maximum atomic E-state index is 11.7. The lowest BCUT2D eigenvalue weighted by molar-refractivity contribution is 0.388. The van der Waals surface area contributed by atoms with Gasteiger partial charge in [0.15, 0.2) is 0 Å². The van der Waals surface area contributed by atoms with E-state index in [0.717, 1.165) is 27.9 Å². The van der Waals surface area contributed by atoms with Crippen LogP contribution in [0.1, 0.15) is 11.1 Å². The van der Waals surface area contributed by atoms with Gasteiger partial charge in [-0.05, 0) is 64.7 Å². The van der Waals surface area contributed by atoms with Crippen LogP contribution in [0.5, 0.6) is 0 Å². The van der Waals surface area contributed by atoms with Crippen molar-refractivity contribution >= 4 is 39.5 Å². The summed E-state index contributed by atoms with van der Waals surface area (Å²) in [5.41, 5.74) is 5.35. The molecule has 0 N–H and O–H groups in total. The molecule has 0 radical (unpaired) electrons. The molecule has 7 heteroatoms. The average molecular weight is 454 g/mol. The number of nitrogens with zero attached hydrogens (tertiary/aromatic N) is 3. The van der Waals surface area contributed by atoms with E-state index in [1.165, 1.54) is 10.6 Å². The zero-order chi connectivity index (χ0) is 21.8. The second-order valence-corrected chi connectivity index (χ2v) is 10.0. The highest BCUT2D eigenvalue weighted by atomic mass is 35.5. The third-order valence-corrected chi connectivity index (χ3v) is 6.89. The molecule has 2 aromatic carbocycles. The van der Waals surface area contributed by atoms with Crippen LogP contribution in [-0.2, 0) is 10.0 Å². The van der Waals surface area contributed by atoms with Gasteiger partial charge in [-0.25, -0.2) is 8.42 Å². The summed E-state index contributed by atoms with van der Waals surface area (Å²) in [6.45, 7) is 2.44. The fraction of sp³-hybridized carbons (Fsp3) is 0.208. The van der Waals surface area contributed by atoms with E-state index in [9.17, 15) is 8.42 Å². The standard InChI is InChI=1S/C24H24ClN3O2S/c1-31(29,30)28-14-12-27(13-15-28)24-6-4-19(5-7-24)2-3-20-16-22(18-23(25)17-20)21-8-10-26-11-9-21/h2-11,16-18H,12-15H2,1H3. The lowest BCUT2D eigenvalue weighted by Crippen LogP contribution is -2.48. The number of benzene rings is 2. The molecule has 0 aliphatic carbocycles. The molecule has 1 fully saturated rings. The Morgan fingerprint density at radius 1 is 0.839 bits per heavy atom. The predicted octanol–water partition coefficient (Wildman–Crippen LogP) is 4.65. The van der Waals surface area contributed by atoms with E-state index in [1.807, 2.05) is 24.3 Å². The summed E-state index contributed by atoms with van der Waals surface area (Å²) >= 11 is 6.33. The Kier molecular flexibility index (Phi) is 6.41. The topological polar surface area (TPSA) is 53.5 Å². The van der Waals surface area contributed by atoms with Gasteiger partial charge in [-0.15, -0.1) is 0 Å². The van der Waals surface area contributed by atoms with Crippen molar-refractivity contribution in [2.45, 2.75) is 0 Å². The van der Waals surface area contributed by atoms with Crippen LogP contribution in [0.15, 0.2) is 67.0 Å². The monoisotopic (exact) mass is 453 g/mol. The molecule has 5 nitrogen and oxygen atoms in total. The van der Waals surface area contributed by atoms with Crippen LogP contribution in [0.3, 0.4) is 0 Å². The fourth-order valence-corrected chi connectivity index (χ4v) is 4.76. The van der Waals surface area contributed by atoms with Crippen LogP contribution in [0.25, 0.3) is 23.3 Å². The summed E-state index contributed by atoms with van der Waals surface area (Å²) in [6, 6.07) is 18.2. The van der Waals surface area contributed by atoms with Crippen molar-refractivity contribution in [3.63, 3.8) is 0 Å². The molecule has 1 aliphatic rings. The number of anilines is 1. The summed E-state index contributed by atoms with van der Waals surface area (Å²) < 4.78 is 24.9. The van der Waals surface area contributed by atoms with Gasteiger partial charge >= 0.3 is 0 Å². The van der Waals surface area contributed by atoms with E-state index in [4.69, 9.17) is 11.6 Å². The number of sulfonamides is 1. The highest BCUT2D eigenvalue weighted by molar-refractivity contribution is 7.88. The Morgan fingerprint density at radius 2 is 1.48 bits per heavy atom. The zero-order valence-corrected chi connectivity index (χ0v) is 18.9. The molecule has 0 saturated carbocycles. The molecule has 1 aromatic heterocycles. The number of pyridine rings is 1. The molecule has 2 heterocycles. The van der Waals surface area contributed by atoms with E-state index >= 15 is 0 Å². The smallest absolute Gasteiger partial charge is 0.211 e. The summed E-state index contributed by atoms with van der Waals surface area (Å²) in [4.78, 5) is 6.28. The Morgan fingerprint density at radius 3 is 2.13 bits per heavy atom. The zero-order valence-electron chi connectivity index (χ0n) is 17.3. The molecular formula is C24H24ClN3O2S.